The van der Waals surface area contributed by atoms with Crippen LogP contribution >= 0.6 is 11.6 Å². The highest BCUT2D eigenvalue weighted by Gasteiger charge is 2.36. The number of ketones is 1. The molecule has 1 aliphatic carbocycles. The molecule has 0 unspecified atom stereocenters. The molecule has 30 heavy (non-hydrogen) atoms. The molecule has 2 heterocycles. The van der Waals surface area contributed by atoms with Crippen LogP contribution < -0.4 is 0 Å². The fraction of sp³-hybridized carbons (Fsp3) is 0.381. The van der Waals surface area contributed by atoms with Crippen LogP contribution in [0.3, 0.4) is 0 Å². The molecule has 0 bridgehead atoms. The van der Waals surface area contributed by atoms with Gasteiger partial charge in [0, 0.05) is 29.1 Å². The van der Waals surface area contributed by atoms with Crippen LogP contribution in [0.4, 0.5) is 13.2 Å². The van der Waals surface area contributed by atoms with Gasteiger partial charge >= 0.3 is 6.18 Å². The molecule has 9 heteroatoms. The Morgan fingerprint density at radius 2 is 1.93 bits per heavy atom. The minimum absolute atomic E-state index is 0.0968. The summed E-state index contributed by atoms with van der Waals surface area (Å²) in [6.07, 6.45) is 0.167. The third kappa shape index (κ3) is 4.01. The second-order valence-corrected chi connectivity index (χ2v) is 8.05. The predicted molar refractivity (Wildman–Crippen MR) is 106 cm³/mol. The van der Waals surface area contributed by atoms with Gasteiger partial charge in [-0.2, -0.15) is 18.3 Å². The van der Waals surface area contributed by atoms with Gasteiger partial charge in [0.1, 0.15) is 5.82 Å². The third-order valence-corrected chi connectivity index (χ3v) is 5.63. The lowest BCUT2D eigenvalue weighted by atomic mass is 10.0. The molecule has 1 aromatic carbocycles. The van der Waals surface area contributed by atoms with Crippen LogP contribution in [0.2, 0.25) is 5.02 Å². The van der Waals surface area contributed by atoms with Gasteiger partial charge in [0.2, 0.25) is 0 Å². The van der Waals surface area contributed by atoms with Crippen LogP contribution in [0.25, 0.3) is 5.69 Å². The predicted octanol–water partition coefficient (Wildman–Crippen LogP) is 5.30. The van der Waals surface area contributed by atoms with Gasteiger partial charge in [-0.15, -0.1) is 0 Å². The van der Waals surface area contributed by atoms with Crippen molar-refractivity contribution >= 4 is 17.4 Å². The largest absolute Gasteiger partial charge is 0.434 e. The minimum atomic E-state index is -4.54. The van der Waals surface area contributed by atoms with Crippen molar-refractivity contribution in [3.05, 3.63) is 64.5 Å². The van der Waals surface area contributed by atoms with Gasteiger partial charge in [-0.3, -0.25) is 4.79 Å². The van der Waals surface area contributed by atoms with Crippen molar-refractivity contribution in [2.24, 2.45) is 0 Å². The first-order valence-electron chi connectivity index (χ1n) is 9.63. The number of imidazole rings is 1. The number of carbonyl (C=O) groups excluding carboxylic acids is 1. The molecule has 5 nitrogen and oxygen atoms in total. The Bertz CT molecular complexity index is 1080. The van der Waals surface area contributed by atoms with Gasteiger partial charge < -0.3 is 4.57 Å². The number of aromatic nitrogens is 4. The highest BCUT2D eigenvalue weighted by Crippen LogP contribution is 2.43. The van der Waals surface area contributed by atoms with E-state index in [9.17, 15) is 18.0 Å². The Kier molecular flexibility index (Phi) is 5.22. The lowest BCUT2D eigenvalue weighted by molar-refractivity contribution is -0.141. The van der Waals surface area contributed by atoms with E-state index in [0.29, 0.717) is 10.9 Å². The van der Waals surface area contributed by atoms with E-state index in [2.05, 4.69) is 10.1 Å². The highest BCUT2D eigenvalue weighted by molar-refractivity contribution is 6.30. The molecule has 0 aliphatic heterocycles. The molecule has 4 rings (SSSR count). The van der Waals surface area contributed by atoms with E-state index < -0.39 is 17.9 Å². The monoisotopic (exact) mass is 436 g/mol. The third-order valence-electron chi connectivity index (χ3n) is 5.38. The summed E-state index contributed by atoms with van der Waals surface area (Å²) in [7, 11) is 0. The fourth-order valence-corrected chi connectivity index (χ4v) is 3.74. The zero-order valence-corrected chi connectivity index (χ0v) is 17.2. The van der Waals surface area contributed by atoms with E-state index in [1.54, 1.807) is 25.3 Å². The minimum Gasteiger partial charge on any atom is -0.324 e. The molecule has 1 atom stereocenters. The molecule has 1 saturated carbocycles. The van der Waals surface area contributed by atoms with Crippen LogP contribution in [0.5, 0.6) is 0 Å². The molecule has 0 spiro atoms. The standard InChI is InChI=1S/C21H20ClF3N4O/c1-12(28-11-19(21(23,24)25)27-13(28)2)18(30)9-15-10-26-29(20(15)14-3-4-14)17-7-5-16(22)6-8-17/h5-8,10-12,14H,3-4,9H2,1-2H3/t12-/m0/s1. The molecule has 0 saturated heterocycles. The molecule has 1 aliphatic rings. The van der Waals surface area contributed by atoms with Crippen molar-refractivity contribution in [1.29, 1.82) is 0 Å². The maximum atomic E-state index is 13.0. The van der Waals surface area contributed by atoms with Crippen LogP contribution in [-0.4, -0.2) is 25.1 Å². The van der Waals surface area contributed by atoms with Crippen LogP contribution in [0.15, 0.2) is 36.7 Å². The number of hydrogen-bond donors (Lipinski definition) is 0. The normalized spacial score (nSPS) is 15.4. The fourth-order valence-electron chi connectivity index (χ4n) is 3.61. The maximum absolute atomic E-state index is 13.0. The summed E-state index contributed by atoms with van der Waals surface area (Å²) in [5, 5.41) is 5.09. The summed E-state index contributed by atoms with van der Waals surface area (Å²) >= 11 is 5.97. The van der Waals surface area contributed by atoms with Crippen LogP contribution in [0.1, 0.15) is 54.5 Å². The van der Waals surface area contributed by atoms with Crippen molar-refractivity contribution in [3.8, 4) is 5.69 Å². The average Bonchev–Trinajstić information content (AvgIpc) is 3.31. The molecule has 0 N–H and O–H groups in total. The zero-order chi connectivity index (χ0) is 21.6. The second kappa shape index (κ2) is 7.58. The van der Waals surface area contributed by atoms with Gasteiger partial charge in [0.25, 0.3) is 0 Å². The molecular formula is C21H20ClF3N4O. The van der Waals surface area contributed by atoms with E-state index in [1.807, 2.05) is 16.8 Å². The van der Waals surface area contributed by atoms with Gasteiger partial charge in [-0.05, 0) is 51.0 Å². The molecule has 0 amide bonds. The van der Waals surface area contributed by atoms with Gasteiger partial charge in [-0.25, -0.2) is 9.67 Å². The van der Waals surface area contributed by atoms with Crippen LogP contribution in [-0.2, 0) is 17.4 Å². The van der Waals surface area contributed by atoms with E-state index in [-0.39, 0.29) is 18.0 Å². The average molecular weight is 437 g/mol. The Morgan fingerprint density at radius 3 is 2.50 bits per heavy atom. The number of aryl methyl sites for hydroxylation is 1. The lowest BCUT2D eigenvalue weighted by Gasteiger charge is -2.14. The molecule has 158 valence electrons. The Labute approximate surface area is 176 Å². The summed E-state index contributed by atoms with van der Waals surface area (Å²) in [6.45, 7) is 3.06. The molecular weight excluding hydrogens is 417 g/mol. The van der Waals surface area contributed by atoms with Crippen molar-refractivity contribution in [3.63, 3.8) is 0 Å². The number of alkyl halides is 3. The number of benzene rings is 1. The van der Waals surface area contributed by atoms with Crippen molar-refractivity contribution in [2.75, 3.05) is 0 Å². The van der Waals surface area contributed by atoms with Crippen molar-refractivity contribution in [2.45, 2.75) is 51.2 Å². The van der Waals surface area contributed by atoms with E-state index >= 15 is 0 Å². The first kappa shape index (κ1) is 20.7. The number of halogens is 4. The summed E-state index contributed by atoms with van der Waals surface area (Å²) in [4.78, 5) is 16.5. The first-order chi connectivity index (χ1) is 14.1. The Hall–Kier alpha value is -2.61. The summed E-state index contributed by atoms with van der Waals surface area (Å²) < 4.78 is 42.0. The van der Waals surface area contributed by atoms with Gasteiger partial charge in [0.15, 0.2) is 11.5 Å². The van der Waals surface area contributed by atoms with Gasteiger partial charge in [0.05, 0.1) is 23.6 Å². The molecule has 0 radical (unpaired) electrons. The van der Waals surface area contributed by atoms with E-state index in [1.165, 1.54) is 11.5 Å². The number of nitrogens with zero attached hydrogens (tertiary/aromatic N) is 4. The molecule has 3 aromatic rings. The molecule has 1 fully saturated rings. The van der Waals surface area contributed by atoms with Crippen molar-refractivity contribution in [1.82, 2.24) is 19.3 Å². The second-order valence-electron chi connectivity index (χ2n) is 7.61. The quantitative estimate of drug-likeness (QED) is 0.527. The number of Topliss-reactive ketones (excluding diaryl/α,β-unsaturated/α-hetero) is 1. The first-order valence-corrected chi connectivity index (χ1v) is 10.0. The lowest BCUT2D eigenvalue weighted by Crippen LogP contribution is -2.19. The SMILES string of the molecule is Cc1nc(C(F)(F)F)cn1[C@@H](C)C(=O)Cc1cnn(-c2ccc(Cl)cc2)c1C1CC1. The number of hydrogen-bond acceptors (Lipinski definition) is 3. The molecule has 2 aromatic heterocycles. The number of carbonyl (C=O) groups is 1. The Balaban J connectivity index is 1.59. The van der Waals surface area contributed by atoms with Crippen molar-refractivity contribution < 1.29 is 18.0 Å². The smallest absolute Gasteiger partial charge is 0.324 e. The maximum Gasteiger partial charge on any atom is 0.434 e. The summed E-state index contributed by atoms with van der Waals surface area (Å²) in [5.74, 6) is 0.289. The highest BCUT2D eigenvalue weighted by atomic mass is 35.5. The van der Waals surface area contributed by atoms with E-state index in [4.69, 9.17) is 11.6 Å². The zero-order valence-electron chi connectivity index (χ0n) is 16.4. The summed E-state index contributed by atoms with van der Waals surface area (Å²) in [5.41, 5.74) is 1.65. The van der Waals surface area contributed by atoms with Crippen LogP contribution in [0, 0.1) is 6.92 Å². The Morgan fingerprint density at radius 1 is 1.27 bits per heavy atom. The van der Waals surface area contributed by atoms with E-state index in [0.717, 1.165) is 36.0 Å². The number of rotatable bonds is 6. The van der Waals surface area contributed by atoms with Gasteiger partial charge in [-0.1, -0.05) is 11.6 Å². The topological polar surface area (TPSA) is 52.7 Å². The summed E-state index contributed by atoms with van der Waals surface area (Å²) in [6, 6.07) is 6.52.